The number of carbonyl (C=O) groups is 1. The predicted octanol–water partition coefficient (Wildman–Crippen LogP) is 1.35. The lowest BCUT2D eigenvalue weighted by Crippen LogP contribution is -2.20. The van der Waals surface area contributed by atoms with Crippen LogP contribution >= 0.6 is 0 Å². The van der Waals surface area contributed by atoms with Gasteiger partial charge in [0.2, 0.25) is 0 Å². The number of hydrogen-bond donors (Lipinski definition) is 3. The summed E-state index contributed by atoms with van der Waals surface area (Å²) in [6, 6.07) is 1.54. The van der Waals surface area contributed by atoms with Crippen LogP contribution in [-0.4, -0.2) is 33.6 Å². The minimum atomic E-state index is -0.843. The van der Waals surface area contributed by atoms with E-state index in [0.29, 0.717) is 18.2 Å². The molecule has 1 rings (SSSR count). The van der Waals surface area contributed by atoms with Crippen molar-refractivity contribution in [3.05, 3.63) is 25.0 Å². The first-order valence-corrected chi connectivity index (χ1v) is 5.27. The van der Waals surface area contributed by atoms with E-state index in [1.807, 2.05) is 0 Å². The Labute approximate surface area is 99.8 Å². The van der Waals surface area contributed by atoms with Crippen LogP contribution in [0, 0.1) is 0 Å². The zero-order valence-corrected chi connectivity index (χ0v) is 9.68. The monoisotopic (exact) mass is 236 g/mol. The minimum Gasteiger partial charge on any atom is -0.481 e. The maximum absolute atomic E-state index is 10.5. The lowest BCUT2D eigenvalue weighted by atomic mass is 10.2. The highest BCUT2D eigenvalue weighted by atomic mass is 16.4. The number of carboxylic acid groups (broad SMARTS) is 1. The molecule has 0 amide bonds. The maximum Gasteiger partial charge on any atom is 0.305 e. The molecule has 1 aromatic rings. The van der Waals surface area contributed by atoms with Crippen LogP contribution < -0.4 is 10.6 Å². The molecule has 0 saturated heterocycles. The van der Waals surface area contributed by atoms with Crippen molar-refractivity contribution in [3.63, 3.8) is 0 Å². The van der Waals surface area contributed by atoms with E-state index >= 15 is 0 Å². The van der Waals surface area contributed by atoms with Crippen molar-refractivity contribution in [2.75, 3.05) is 17.2 Å². The Morgan fingerprint density at radius 3 is 2.94 bits per heavy atom. The molecule has 17 heavy (non-hydrogen) atoms. The molecule has 0 aromatic carbocycles. The highest BCUT2D eigenvalue weighted by molar-refractivity contribution is 5.68. The predicted molar refractivity (Wildman–Crippen MR) is 66.1 cm³/mol. The molecular weight excluding hydrogens is 220 g/mol. The van der Waals surface area contributed by atoms with Gasteiger partial charge in [-0.15, -0.1) is 6.58 Å². The van der Waals surface area contributed by atoms with Crippen molar-refractivity contribution < 1.29 is 9.90 Å². The molecule has 3 N–H and O–H groups in total. The van der Waals surface area contributed by atoms with Gasteiger partial charge < -0.3 is 15.7 Å². The number of aliphatic carboxylic acids is 1. The first-order chi connectivity index (χ1) is 8.11. The van der Waals surface area contributed by atoms with E-state index in [9.17, 15) is 4.79 Å². The molecule has 1 heterocycles. The van der Waals surface area contributed by atoms with Crippen molar-refractivity contribution in [1.82, 2.24) is 9.97 Å². The quantitative estimate of drug-likeness (QED) is 0.619. The Balaban J connectivity index is 2.58. The molecule has 0 aliphatic rings. The molecule has 1 aromatic heterocycles. The number of nitrogens with zero attached hydrogens (tertiary/aromatic N) is 2. The highest BCUT2D eigenvalue weighted by Crippen LogP contribution is 2.10. The minimum absolute atomic E-state index is 0.0411. The summed E-state index contributed by atoms with van der Waals surface area (Å²) in [7, 11) is 0. The molecule has 0 saturated carbocycles. The molecule has 1 atom stereocenters. The van der Waals surface area contributed by atoms with E-state index in [-0.39, 0.29) is 12.5 Å². The van der Waals surface area contributed by atoms with Crippen LogP contribution in [0.5, 0.6) is 0 Å². The van der Waals surface area contributed by atoms with Gasteiger partial charge >= 0.3 is 5.97 Å². The summed E-state index contributed by atoms with van der Waals surface area (Å²) in [6.07, 6.45) is 3.18. The third kappa shape index (κ3) is 4.96. The normalized spacial score (nSPS) is 11.6. The second kappa shape index (κ2) is 6.47. The van der Waals surface area contributed by atoms with Gasteiger partial charge in [-0.2, -0.15) is 0 Å². The SMILES string of the molecule is C=CCNc1cc(NC(C)CC(=O)O)ncn1. The number of anilines is 2. The van der Waals surface area contributed by atoms with Crippen molar-refractivity contribution in [2.24, 2.45) is 0 Å². The summed E-state index contributed by atoms with van der Waals surface area (Å²) in [5.41, 5.74) is 0. The van der Waals surface area contributed by atoms with Crippen molar-refractivity contribution >= 4 is 17.6 Å². The van der Waals surface area contributed by atoms with Gasteiger partial charge in [0.25, 0.3) is 0 Å². The molecule has 0 fully saturated rings. The van der Waals surface area contributed by atoms with E-state index in [2.05, 4.69) is 27.2 Å². The lowest BCUT2D eigenvalue weighted by molar-refractivity contribution is -0.137. The first-order valence-electron chi connectivity index (χ1n) is 5.27. The number of hydrogen-bond acceptors (Lipinski definition) is 5. The van der Waals surface area contributed by atoms with Crippen LogP contribution in [0.3, 0.4) is 0 Å². The molecule has 0 aliphatic carbocycles. The summed E-state index contributed by atoms with van der Waals surface area (Å²) >= 11 is 0. The molecule has 1 unspecified atom stereocenters. The molecule has 92 valence electrons. The molecule has 0 spiro atoms. The highest BCUT2D eigenvalue weighted by Gasteiger charge is 2.08. The number of rotatable bonds is 7. The van der Waals surface area contributed by atoms with Crippen LogP contribution in [0.25, 0.3) is 0 Å². The second-order valence-electron chi connectivity index (χ2n) is 3.60. The Morgan fingerprint density at radius 2 is 2.29 bits per heavy atom. The van der Waals surface area contributed by atoms with E-state index < -0.39 is 5.97 Å². The summed E-state index contributed by atoms with van der Waals surface area (Å²) in [6.45, 7) is 5.99. The van der Waals surface area contributed by atoms with Gasteiger partial charge in [-0.1, -0.05) is 6.08 Å². The standard InChI is InChI=1S/C11H16N4O2/c1-3-4-12-9-6-10(14-7-13-9)15-8(2)5-11(16)17/h3,6-8H,1,4-5H2,2H3,(H,16,17)(H2,12,13,14,15). The zero-order valence-electron chi connectivity index (χ0n) is 9.68. The van der Waals surface area contributed by atoms with Crippen LogP contribution in [0.1, 0.15) is 13.3 Å². The molecule has 0 bridgehead atoms. The van der Waals surface area contributed by atoms with E-state index in [1.165, 1.54) is 6.33 Å². The largest absolute Gasteiger partial charge is 0.481 e. The van der Waals surface area contributed by atoms with Crippen LogP contribution in [-0.2, 0) is 4.79 Å². The summed E-state index contributed by atoms with van der Waals surface area (Å²) in [4.78, 5) is 18.5. The van der Waals surface area contributed by atoms with Crippen molar-refractivity contribution in [1.29, 1.82) is 0 Å². The number of nitrogens with one attached hydrogen (secondary N) is 2. The third-order valence-corrected chi connectivity index (χ3v) is 1.97. The van der Waals surface area contributed by atoms with Gasteiger partial charge in [0.05, 0.1) is 6.42 Å². The van der Waals surface area contributed by atoms with Crippen LogP contribution in [0.2, 0.25) is 0 Å². The Bertz CT molecular complexity index is 395. The van der Waals surface area contributed by atoms with Gasteiger partial charge in [0.15, 0.2) is 0 Å². The first kappa shape index (κ1) is 13.0. The third-order valence-electron chi connectivity index (χ3n) is 1.97. The Hall–Kier alpha value is -2.11. The topological polar surface area (TPSA) is 87.1 Å². The van der Waals surface area contributed by atoms with Crippen LogP contribution in [0.15, 0.2) is 25.0 Å². The van der Waals surface area contributed by atoms with Crippen molar-refractivity contribution in [2.45, 2.75) is 19.4 Å². The van der Waals surface area contributed by atoms with E-state index in [4.69, 9.17) is 5.11 Å². The molecular formula is C11H16N4O2. The average molecular weight is 236 g/mol. The zero-order chi connectivity index (χ0) is 12.7. The number of carboxylic acids is 1. The molecule has 6 heteroatoms. The van der Waals surface area contributed by atoms with Gasteiger partial charge in [-0.25, -0.2) is 9.97 Å². The van der Waals surface area contributed by atoms with Gasteiger partial charge in [0, 0.05) is 18.7 Å². The fourth-order valence-corrected chi connectivity index (χ4v) is 1.28. The maximum atomic E-state index is 10.5. The lowest BCUT2D eigenvalue weighted by Gasteiger charge is -2.12. The molecule has 6 nitrogen and oxygen atoms in total. The molecule has 0 aliphatic heterocycles. The summed E-state index contributed by atoms with van der Waals surface area (Å²) in [5.74, 6) is 0.425. The van der Waals surface area contributed by atoms with Crippen molar-refractivity contribution in [3.8, 4) is 0 Å². The van der Waals surface area contributed by atoms with E-state index in [0.717, 1.165) is 0 Å². The fraction of sp³-hybridized carbons (Fsp3) is 0.364. The Kier molecular flexibility index (Phi) is 4.93. The summed E-state index contributed by atoms with van der Waals surface area (Å²) < 4.78 is 0. The van der Waals surface area contributed by atoms with Gasteiger partial charge in [-0.3, -0.25) is 4.79 Å². The molecule has 0 radical (unpaired) electrons. The second-order valence-corrected chi connectivity index (χ2v) is 3.60. The number of aromatic nitrogens is 2. The average Bonchev–Trinajstić information content (AvgIpc) is 2.25. The van der Waals surface area contributed by atoms with E-state index in [1.54, 1.807) is 19.1 Å². The van der Waals surface area contributed by atoms with Gasteiger partial charge in [-0.05, 0) is 6.92 Å². The Morgan fingerprint density at radius 1 is 1.59 bits per heavy atom. The summed E-state index contributed by atoms with van der Waals surface area (Å²) in [5, 5.41) is 14.7. The smallest absolute Gasteiger partial charge is 0.305 e. The van der Waals surface area contributed by atoms with Gasteiger partial charge in [0.1, 0.15) is 18.0 Å². The van der Waals surface area contributed by atoms with Crippen LogP contribution in [0.4, 0.5) is 11.6 Å². The fourth-order valence-electron chi connectivity index (χ4n) is 1.28.